The molecule has 0 radical (unpaired) electrons. The van der Waals surface area contributed by atoms with Crippen molar-refractivity contribution in [3.05, 3.63) is 59.4 Å². The van der Waals surface area contributed by atoms with Crippen LogP contribution in [-0.4, -0.2) is 64.6 Å². The van der Waals surface area contributed by atoms with E-state index >= 15 is 0 Å². The summed E-state index contributed by atoms with van der Waals surface area (Å²) in [5.74, 6) is 0.00118. The molecule has 4 aliphatic rings. The highest BCUT2D eigenvalue weighted by Gasteiger charge is 2.56. The number of esters is 1. The lowest BCUT2D eigenvalue weighted by molar-refractivity contribution is -0.151. The van der Waals surface area contributed by atoms with Crippen molar-refractivity contribution in [1.82, 2.24) is 15.0 Å². The quantitative estimate of drug-likeness (QED) is 0.188. The van der Waals surface area contributed by atoms with Crippen LogP contribution in [0.5, 0.6) is 0 Å². The maximum Gasteiger partial charge on any atom is 0.306 e. The van der Waals surface area contributed by atoms with Crippen LogP contribution in [0.4, 0.5) is 4.39 Å². The molecule has 0 bridgehead atoms. The predicted molar refractivity (Wildman–Crippen MR) is 179 cm³/mol. The van der Waals surface area contributed by atoms with E-state index in [4.69, 9.17) is 18.9 Å². The van der Waals surface area contributed by atoms with E-state index in [1.165, 1.54) is 26.4 Å². The van der Waals surface area contributed by atoms with Gasteiger partial charge in [0.2, 0.25) is 6.29 Å². The van der Waals surface area contributed by atoms with Gasteiger partial charge in [0.1, 0.15) is 23.4 Å². The molecule has 10 nitrogen and oxygen atoms in total. The number of aromatic nitrogens is 3. The first-order valence-corrected chi connectivity index (χ1v) is 17.9. The summed E-state index contributed by atoms with van der Waals surface area (Å²) in [5.41, 5.74) is 2.12. The minimum absolute atomic E-state index is 0.0119. The maximum absolute atomic E-state index is 14.2. The van der Waals surface area contributed by atoms with Gasteiger partial charge in [-0.3, -0.25) is 9.59 Å². The van der Waals surface area contributed by atoms with E-state index < -0.39 is 6.29 Å². The Morgan fingerprint density at radius 1 is 1.10 bits per heavy atom. The number of methoxy groups -OCH3 is 2. The van der Waals surface area contributed by atoms with Crippen molar-refractivity contribution in [2.75, 3.05) is 14.2 Å². The summed E-state index contributed by atoms with van der Waals surface area (Å²) in [6.45, 7) is 5.77. The number of fused-ring (bicyclic) bond motifs is 5. The Hall–Kier alpha value is -3.57. The number of nitrogens with zero attached hydrogens (tertiary/aromatic N) is 3. The molecule has 1 aliphatic heterocycles. The van der Waals surface area contributed by atoms with Crippen LogP contribution in [-0.2, 0) is 28.5 Å². The molecule has 6 rings (SSSR count). The van der Waals surface area contributed by atoms with E-state index in [-0.39, 0.29) is 83.5 Å². The predicted octanol–water partition coefficient (Wildman–Crippen LogP) is 6.56. The van der Waals surface area contributed by atoms with Crippen LogP contribution in [0.1, 0.15) is 84.6 Å². The second-order valence-corrected chi connectivity index (χ2v) is 14.4. The van der Waals surface area contributed by atoms with E-state index in [0.29, 0.717) is 24.3 Å². The highest BCUT2D eigenvalue weighted by Crippen LogP contribution is 2.60. The van der Waals surface area contributed by atoms with Crippen molar-refractivity contribution in [3.63, 3.8) is 0 Å². The van der Waals surface area contributed by atoms with Gasteiger partial charge in [-0.1, -0.05) is 31.6 Å². The zero-order chi connectivity index (χ0) is 34.8. The van der Waals surface area contributed by atoms with Gasteiger partial charge in [0.05, 0.1) is 39.0 Å². The van der Waals surface area contributed by atoms with Crippen LogP contribution < -0.4 is 0 Å². The third-order valence-corrected chi connectivity index (χ3v) is 11.6. The number of carbonyl (C=O) groups is 2. The second kappa shape index (κ2) is 15.1. The number of aliphatic hydroxyl groups excluding tert-OH is 1. The highest BCUT2D eigenvalue weighted by atomic mass is 19.1. The summed E-state index contributed by atoms with van der Waals surface area (Å²) in [6.07, 6.45) is 8.87. The minimum atomic E-state index is -1.28. The van der Waals surface area contributed by atoms with Crippen LogP contribution in [0, 0.1) is 41.3 Å². The highest BCUT2D eigenvalue weighted by molar-refractivity contribution is 5.98. The summed E-state index contributed by atoms with van der Waals surface area (Å²) in [7, 11) is 2.99. The summed E-state index contributed by atoms with van der Waals surface area (Å²) >= 11 is 0. The fraction of sp³-hybridized carbons (Fsp3) is 0.632. The molecule has 1 aromatic heterocycles. The van der Waals surface area contributed by atoms with Gasteiger partial charge in [-0.05, 0) is 105 Å². The number of rotatable bonds is 8. The first kappa shape index (κ1) is 35.3. The lowest BCUT2D eigenvalue weighted by Gasteiger charge is -2.43. The molecule has 266 valence electrons. The molecule has 0 spiro atoms. The SMILES string of the molecule is CC[C@H]1CCCC[C@@H](C)C(=O)C2=C[C@@H]3C([C@@H]2CC(=O)O1)[C@H](n1cc(-c2ccc(F)cc2)nn1)CC1C[C@@H](O[C@H](O)/C(OC)=C(/C)OC)C[C@H]13. The van der Waals surface area contributed by atoms with Gasteiger partial charge in [-0.25, -0.2) is 9.07 Å². The molecule has 0 amide bonds. The van der Waals surface area contributed by atoms with Gasteiger partial charge in [-0.15, -0.1) is 5.10 Å². The number of cyclic esters (lactones) is 1. The van der Waals surface area contributed by atoms with E-state index in [1.807, 2.05) is 24.7 Å². The lowest BCUT2D eigenvalue weighted by atomic mass is 9.64. The number of benzene rings is 1. The second-order valence-electron chi connectivity index (χ2n) is 14.4. The summed E-state index contributed by atoms with van der Waals surface area (Å²) in [6, 6.07) is 6.02. The standard InChI is InChI=1S/C38H50FN3O7/c1-6-26-10-8-7-9-21(2)36(44)31-18-29-28-17-27(49-38(45)37(47-5)22(3)46-4)15-24(28)16-33(35(29)30(31)19-34(43)48-26)42-20-32(40-41-42)23-11-13-25(39)14-12-23/h11-14,18,20-21,24,26-30,33,35,38,45H,6-10,15-17,19H2,1-5H3/b37-22+/t21-,24?,26+,27-,28-,29+,30-,33-,35?,38+/m1/s1. The average Bonchev–Trinajstić information content (AvgIpc) is 3.83. The van der Waals surface area contributed by atoms with Crippen molar-refractivity contribution in [3.8, 4) is 11.3 Å². The summed E-state index contributed by atoms with van der Waals surface area (Å²) in [4.78, 5) is 27.8. The number of ether oxygens (including phenoxy) is 4. The minimum Gasteiger partial charge on any atom is -0.498 e. The van der Waals surface area contributed by atoms with Crippen molar-refractivity contribution >= 4 is 11.8 Å². The molecule has 2 saturated carbocycles. The first-order chi connectivity index (χ1) is 23.6. The molecule has 11 heteroatoms. The molecular formula is C38H50FN3O7. The molecule has 1 aromatic carbocycles. The van der Waals surface area contributed by atoms with Crippen LogP contribution in [0.2, 0.25) is 0 Å². The Bertz CT molecular complexity index is 1550. The van der Waals surface area contributed by atoms with Crippen molar-refractivity contribution in [2.45, 2.75) is 103 Å². The largest absolute Gasteiger partial charge is 0.498 e. The van der Waals surface area contributed by atoms with Gasteiger partial charge in [0, 0.05) is 17.4 Å². The topological polar surface area (TPSA) is 122 Å². The number of ketones is 1. The summed E-state index contributed by atoms with van der Waals surface area (Å²) < 4.78 is 38.5. The molecule has 49 heavy (non-hydrogen) atoms. The van der Waals surface area contributed by atoms with Crippen molar-refractivity contribution in [1.29, 1.82) is 0 Å². The van der Waals surface area contributed by atoms with Gasteiger partial charge in [0.15, 0.2) is 11.5 Å². The maximum atomic E-state index is 14.2. The van der Waals surface area contributed by atoms with Crippen LogP contribution >= 0.6 is 0 Å². The number of allylic oxidation sites excluding steroid dienone is 3. The van der Waals surface area contributed by atoms with Gasteiger partial charge in [0.25, 0.3) is 0 Å². The number of hydrogen-bond donors (Lipinski definition) is 1. The Morgan fingerprint density at radius 2 is 1.86 bits per heavy atom. The Morgan fingerprint density at radius 3 is 2.57 bits per heavy atom. The van der Waals surface area contributed by atoms with E-state index in [9.17, 15) is 19.1 Å². The molecule has 2 unspecified atom stereocenters. The number of halogens is 1. The third-order valence-electron chi connectivity index (χ3n) is 11.6. The van der Waals surface area contributed by atoms with E-state index in [0.717, 1.165) is 49.7 Å². The fourth-order valence-corrected chi connectivity index (χ4v) is 9.03. The smallest absolute Gasteiger partial charge is 0.306 e. The molecule has 3 aliphatic carbocycles. The molecule has 1 saturated heterocycles. The molecule has 10 atom stereocenters. The molecule has 1 N–H and O–H groups in total. The molecular weight excluding hydrogens is 629 g/mol. The average molecular weight is 680 g/mol. The third kappa shape index (κ3) is 7.33. The molecule has 3 fully saturated rings. The first-order valence-electron chi connectivity index (χ1n) is 17.9. The van der Waals surface area contributed by atoms with Gasteiger partial charge < -0.3 is 24.1 Å². The van der Waals surface area contributed by atoms with E-state index in [2.05, 4.69) is 16.4 Å². The Balaban J connectivity index is 1.36. The monoisotopic (exact) mass is 679 g/mol. The Labute approximate surface area is 288 Å². The van der Waals surface area contributed by atoms with Gasteiger partial charge >= 0.3 is 5.97 Å². The number of Topliss-reactive ketones (excluding diaryl/α,β-unsaturated/α-hetero) is 1. The molecule has 2 aromatic rings. The number of hydrogen-bond acceptors (Lipinski definition) is 9. The van der Waals surface area contributed by atoms with Crippen LogP contribution in [0.3, 0.4) is 0 Å². The number of aliphatic hydroxyl groups is 1. The van der Waals surface area contributed by atoms with Crippen LogP contribution in [0.15, 0.2) is 53.6 Å². The normalized spacial score (nSPS) is 33.1. The van der Waals surface area contributed by atoms with Gasteiger partial charge in [-0.2, -0.15) is 0 Å². The zero-order valence-corrected chi connectivity index (χ0v) is 29.2. The lowest BCUT2D eigenvalue weighted by Crippen LogP contribution is -2.41. The van der Waals surface area contributed by atoms with Crippen molar-refractivity contribution in [2.24, 2.45) is 35.5 Å². The fourth-order valence-electron chi connectivity index (χ4n) is 9.03. The number of carbonyl (C=O) groups excluding carboxylic acids is 2. The van der Waals surface area contributed by atoms with Crippen LogP contribution in [0.25, 0.3) is 11.3 Å². The summed E-state index contributed by atoms with van der Waals surface area (Å²) in [5, 5.41) is 20.1. The zero-order valence-electron chi connectivity index (χ0n) is 29.2. The van der Waals surface area contributed by atoms with E-state index in [1.54, 1.807) is 19.1 Å². The van der Waals surface area contributed by atoms with Crippen molar-refractivity contribution < 1.29 is 38.0 Å². The Kier molecular flexibility index (Phi) is 10.9. The molecule has 2 heterocycles.